The van der Waals surface area contributed by atoms with E-state index in [1.807, 2.05) is 18.7 Å². The second kappa shape index (κ2) is 6.82. The van der Waals surface area contributed by atoms with Crippen LogP contribution >= 0.6 is 0 Å². The van der Waals surface area contributed by atoms with Crippen LogP contribution < -0.4 is 0 Å². The molecule has 2 heterocycles. The number of nitrogens with zero attached hydrogens (tertiary/aromatic N) is 2. The number of hydrogen-bond donors (Lipinski definition) is 0. The minimum Gasteiger partial charge on any atom is -0.373 e. The van der Waals surface area contributed by atoms with Crippen molar-refractivity contribution in [3.05, 3.63) is 29.8 Å². The summed E-state index contributed by atoms with van der Waals surface area (Å²) < 4.78 is 32.6. The molecule has 0 N–H and O–H groups in total. The Hall–Kier alpha value is -1.44. The van der Waals surface area contributed by atoms with E-state index in [-0.39, 0.29) is 23.0 Å². The van der Waals surface area contributed by atoms with E-state index in [1.165, 1.54) is 16.4 Å². The summed E-state index contributed by atoms with van der Waals surface area (Å²) in [5.41, 5.74) is 0.541. The van der Waals surface area contributed by atoms with Crippen LogP contribution in [0, 0.1) is 0 Å². The Kier molecular flexibility index (Phi) is 4.94. The van der Waals surface area contributed by atoms with Gasteiger partial charge >= 0.3 is 0 Å². The maximum atomic E-state index is 12.8. The zero-order chi connectivity index (χ0) is 17.3. The van der Waals surface area contributed by atoms with Crippen molar-refractivity contribution in [2.24, 2.45) is 0 Å². The summed E-state index contributed by atoms with van der Waals surface area (Å²) >= 11 is 0. The van der Waals surface area contributed by atoms with Gasteiger partial charge in [-0.2, -0.15) is 4.31 Å². The monoisotopic (exact) mass is 352 g/mol. The Morgan fingerprint density at radius 1 is 1.04 bits per heavy atom. The number of carbonyl (C=O) groups excluding carboxylic acids is 1. The first-order chi connectivity index (χ1) is 11.4. The summed E-state index contributed by atoms with van der Waals surface area (Å²) in [6.45, 7) is 6.00. The Balaban J connectivity index is 1.78. The third kappa shape index (κ3) is 3.48. The molecule has 2 atom stereocenters. The van der Waals surface area contributed by atoms with Crippen molar-refractivity contribution >= 4 is 15.9 Å². The zero-order valence-electron chi connectivity index (χ0n) is 14.1. The van der Waals surface area contributed by atoms with Gasteiger partial charge in [0.25, 0.3) is 5.91 Å². The molecular weight excluding hydrogens is 328 g/mol. The van der Waals surface area contributed by atoms with Gasteiger partial charge in [0.1, 0.15) is 0 Å². The molecule has 2 fully saturated rings. The van der Waals surface area contributed by atoms with Crippen molar-refractivity contribution in [1.29, 1.82) is 0 Å². The smallest absolute Gasteiger partial charge is 0.253 e. The first-order valence-corrected chi connectivity index (χ1v) is 9.87. The number of ether oxygens (including phenoxy) is 1. The standard InChI is InChI=1S/C17H24N2O4S/c1-13-11-19(12-14(2)23-13)24(21,22)16-7-5-15(6-8-16)17(20)18-9-3-4-10-18/h5-8,13-14H,3-4,9-12H2,1-2H3. The maximum absolute atomic E-state index is 12.8. The highest BCUT2D eigenvalue weighted by Crippen LogP contribution is 2.22. The number of hydrogen-bond acceptors (Lipinski definition) is 4. The van der Waals surface area contributed by atoms with Crippen LogP contribution in [0.2, 0.25) is 0 Å². The second-order valence-corrected chi connectivity index (χ2v) is 8.54. The Labute approximate surface area is 143 Å². The van der Waals surface area contributed by atoms with E-state index in [0.717, 1.165) is 25.9 Å². The van der Waals surface area contributed by atoms with E-state index in [9.17, 15) is 13.2 Å². The molecule has 1 amide bonds. The Morgan fingerprint density at radius 2 is 1.58 bits per heavy atom. The third-order valence-corrected chi connectivity index (χ3v) is 6.36. The molecule has 0 aromatic heterocycles. The summed E-state index contributed by atoms with van der Waals surface area (Å²) in [5.74, 6) is -0.0231. The van der Waals surface area contributed by atoms with Crippen LogP contribution in [-0.2, 0) is 14.8 Å². The fourth-order valence-electron chi connectivity index (χ4n) is 3.35. The lowest BCUT2D eigenvalue weighted by Gasteiger charge is -2.34. The number of morpholine rings is 1. The number of sulfonamides is 1. The lowest BCUT2D eigenvalue weighted by Crippen LogP contribution is -2.48. The van der Waals surface area contributed by atoms with E-state index in [4.69, 9.17) is 4.74 Å². The first kappa shape index (κ1) is 17.4. The molecule has 2 aliphatic heterocycles. The largest absolute Gasteiger partial charge is 0.373 e. The van der Waals surface area contributed by atoms with Crippen LogP contribution in [0.4, 0.5) is 0 Å². The van der Waals surface area contributed by atoms with Crippen LogP contribution in [-0.4, -0.2) is 61.9 Å². The normalized spacial score (nSPS) is 25.8. The number of rotatable bonds is 3. The van der Waals surface area contributed by atoms with Gasteiger partial charge in [0.2, 0.25) is 10.0 Å². The number of carbonyl (C=O) groups is 1. The van der Waals surface area contributed by atoms with Gasteiger partial charge in [0.15, 0.2) is 0 Å². The predicted molar refractivity (Wildman–Crippen MR) is 90.3 cm³/mol. The van der Waals surface area contributed by atoms with Crippen LogP contribution in [0.3, 0.4) is 0 Å². The molecule has 1 aromatic carbocycles. The van der Waals surface area contributed by atoms with Gasteiger partial charge in [-0.1, -0.05) is 0 Å². The highest BCUT2D eigenvalue weighted by molar-refractivity contribution is 7.89. The minimum atomic E-state index is -3.56. The topological polar surface area (TPSA) is 66.9 Å². The molecule has 132 valence electrons. The van der Waals surface area contributed by atoms with Crippen molar-refractivity contribution in [2.45, 2.75) is 43.8 Å². The first-order valence-electron chi connectivity index (χ1n) is 8.43. The highest BCUT2D eigenvalue weighted by Gasteiger charge is 2.32. The Bertz CT molecular complexity index is 686. The van der Waals surface area contributed by atoms with Crippen LogP contribution in [0.15, 0.2) is 29.2 Å². The van der Waals surface area contributed by atoms with E-state index in [1.54, 1.807) is 12.1 Å². The van der Waals surface area contributed by atoms with E-state index < -0.39 is 10.0 Å². The minimum absolute atomic E-state index is 0.0231. The summed E-state index contributed by atoms with van der Waals surface area (Å²) in [7, 11) is -3.56. The van der Waals surface area contributed by atoms with Crippen molar-refractivity contribution in [3.8, 4) is 0 Å². The van der Waals surface area contributed by atoms with Crippen molar-refractivity contribution < 1.29 is 17.9 Å². The summed E-state index contributed by atoms with van der Waals surface area (Å²) in [4.78, 5) is 14.4. The van der Waals surface area contributed by atoms with E-state index in [2.05, 4.69) is 0 Å². The van der Waals surface area contributed by atoms with Crippen LogP contribution in [0.5, 0.6) is 0 Å². The second-order valence-electron chi connectivity index (χ2n) is 6.60. The molecule has 6 nitrogen and oxygen atoms in total. The molecule has 24 heavy (non-hydrogen) atoms. The molecule has 3 rings (SSSR count). The van der Waals surface area contributed by atoms with Gasteiger partial charge < -0.3 is 9.64 Å². The van der Waals surface area contributed by atoms with Gasteiger partial charge in [-0.05, 0) is 51.0 Å². The summed E-state index contributed by atoms with van der Waals surface area (Å²) in [6, 6.07) is 6.29. The quantitative estimate of drug-likeness (QED) is 0.831. The molecular formula is C17H24N2O4S. The van der Waals surface area contributed by atoms with Crippen LogP contribution in [0.1, 0.15) is 37.0 Å². The molecule has 0 saturated carbocycles. The molecule has 7 heteroatoms. The average molecular weight is 352 g/mol. The molecule has 0 aliphatic carbocycles. The van der Waals surface area contributed by atoms with Gasteiger partial charge in [-0.3, -0.25) is 4.79 Å². The van der Waals surface area contributed by atoms with E-state index >= 15 is 0 Å². The summed E-state index contributed by atoms with van der Waals surface area (Å²) in [6.07, 6.45) is 1.82. The highest BCUT2D eigenvalue weighted by atomic mass is 32.2. The number of benzene rings is 1. The molecule has 2 saturated heterocycles. The lowest BCUT2D eigenvalue weighted by atomic mass is 10.2. The van der Waals surface area contributed by atoms with Crippen molar-refractivity contribution in [2.75, 3.05) is 26.2 Å². The predicted octanol–water partition coefficient (Wildman–Crippen LogP) is 1.72. The van der Waals surface area contributed by atoms with Crippen molar-refractivity contribution in [1.82, 2.24) is 9.21 Å². The van der Waals surface area contributed by atoms with E-state index in [0.29, 0.717) is 18.7 Å². The molecule has 2 unspecified atom stereocenters. The fourth-order valence-corrected chi connectivity index (χ4v) is 4.94. The molecule has 0 radical (unpaired) electrons. The van der Waals surface area contributed by atoms with Gasteiger partial charge in [0, 0.05) is 31.7 Å². The van der Waals surface area contributed by atoms with Gasteiger partial charge in [0.05, 0.1) is 17.1 Å². The molecule has 2 aliphatic rings. The van der Waals surface area contributed by atoms with Crippen molar-refractivity contribution in [3.63, 3.8) is 0 Å². The SMILES string of the molecule is CC1CN(S(=O)(=O)c2ccc(C(=O)N3CCCC3)cc2)CC(C)O1. The molecule has 0 bridgehead atoms. The third-order valence-electron chi connectivity index (χ3n) is 4.52. The number of likely N-dealkylation sites (tertiary alicyclic amines) is 1. The van der Waals surface area contributed by atoms with Gasteiger partial charge in [-0.15, -0.1) is 0 Å². The zero-order valence-corrected chi connectivity index (χ0v) is 15.0. The Morgan fingerprint density at radius 3 is 2.12 bits per heavy atom. The number of amides is 1. The fraction of sp³-hybridized carbons (Fsp3) is 0.588. The van der Waals surface area contributed by atoms with Crippen LogP contribution in [0.25, 0.3) is 0 Å². The molecule has 1 aromatic rings. The maximum Gasteiger partial charge on any atom is 0.253 e. The summed E-state index contributed by atoms with van der Waals surface area (Å²) in [5, 5.41) is 0. The lowest BCUT2D eigenvalue weighted by molar-refractivity contribution is -0.0440. The van der Waals surface area contributed by atoms with Gasteiger partial charge in [-0.25, -0.2) is 8.42 Å². The molecule has 0 spiro atoms. The average Bonchev–Trinajstić information content (AvgIpc) is 3.08.